The molecule has 0 aliphatic carbocycles. The average molecular weight is 258 g/mol. The van der Waals surface area contributed by atoms with Gasteiger partial charge in [-0.1, -0.05) is 13.8 Å². The van der Waals surface area contributed by atoms with Crippen LogP contribution < -0.4 is 5.73 Å². The van der Waals surface area contributed by atoms with E-state index in [1.54, 1.807) is 4.90 Å². The number of rotatable bonds is 7. The minimum absolute atomic E-state index is 0.0106. The third-order valence-corrected chi connectivity index (χ3v) is 4.13. The maximum absolute atomic E-state index is 12.7. The van der Waals surface area contributed by atoms with Crippen molar-refractivity contribution in [1.82, 2.24) is 4.90 Å². The lowest BCUT2D eigenvalue weighted by Crippen LogP contribution is -2.58. The molecule has 1 amide bonds. The van der Waals surface area contributed by atoms with Gasteiger partial charge < -0.3 is 15.7 Å². The van der Waals surface area contributed by atoms with E-state index in [2.05, 4.69) is 13.8 Å². The summed E-state index contributed by atoms with van der Waals surface area (Å²) in [6, 6.07) is 0.172. The van der Waals surface area contributed by atoms with E-state index in [4.69, 9.17) is 10.8 Å². The van der Waals surface area contributed by atoms with Crippen LogP contribution in [0, 0.1) is 5.41 Å². The first kappa shape index (κ1) is 17.4. The van der Waals surface area contributed by atoms with Gasteiger partial charge in [-0.15, -0.1) is 0 Å². The van der Waals surface area contributed by atoms with Gasteiger partial charge in [0.25, 0.3) is 0 Å². The van der Waals surface area contributed by atoms with Crippen molar-refractivity contribution in [2.24, 2.45) is 11.1 Å². The molecule has 0 atom stereocenters. The molecule has 0 radical (unpaired) electrons. The predicted octanol–water partition coefficient (Wildman–Crippen LogP) is 1.76. The lowest BCUT2D eigenvalue weighted by atomic mass is 9.74. The molecular weight excluding hydrogens is 228 g/mol. The van der Waals surface area contributed by atoms with Crippen molar-refractivity contribution in [3.8, 4) is 0 Å². The van der Waals surface area contributed by atoms with E-state index in [1.165, 1.54) is 0 Å². The number of nitrogens with two attached hydrogens (primary N) is 1. The Morgan fingerprint density at radius 1 is 1.22 bits per heavy atom. The largest absolute Gasteiger partial charge is 0.395 e. The number of amides is 1. The fourth-order valence-corrected chi connectivity index (χ4v) is 1.92. The fraction of sp³-hybridized carbons (Fsp3) is 0.929. The van der Waals surface area contributed by atoms with Crippen LogP contribution in [0.5, 0.6) is 0 Å². The Balaban J connectivity index is 5.20. The number of hydrogen-bond acceptors (Lipinski definition) is 3. The zero-order chi connectivity index (χ0) is 14.6. The first-order chi connectivity index (χ1) is 8.13. The summed E-state index contributed by atoms with van der Waals surface area (Å²) in [6.07, 6.45) is 1.78. The van der Waals surface area contributed by atoms with Crippen LogP contribution in [0.15, 0.2) is 0 Å². The zero-order valence-electron chi connectivity index (χ0n) is 12.8. The SMILES string of the molecule is CCC(CC)N(CCO)C(=O)C(C)(C)C(C)(C)N. The molecule has 18 heavy (non-hydrogen) atoms. The molecule has 0 aliphatic rings. The second-order valence-electron chi connectivity index (χ2n) is 6.04. The lowest BCUT2D eigenvalue weighted by Gasteiger charge is -2.43. The number of carbonyl (C=O) groups is 1. The minimum atomic E-state index is -0.648. The van der Waals surface area contributed by atoms with Gasteiger partial charge in [-0.2, -0.15) is 0 Å². The van der Waals surface area contributed by atoms with Crippen LogP contribution in [0.2, 0.25) is 0 Å². The van der Waals surface area contributed by atoms with Gasteiger partial charge in [-0.05, 0) is 40.5 Å². The van der Waals surface area contributed by atoms with Gasteiger partial charge in [0, 0.05) is 18.1 Å². The molecule has 0 bridgehead atoms. The monoisotopic (exact) mass is 258 g/mol. The Labute approximate surface area is 112 Å². The molecule has 0 heterocycles. The molecule has 0 fully saturated rings. The second-order valence-corrected chi connectivity index (χ2v) is 6.04. The van der Waals surface area contributed by atoms with E-state index in [9.17, 15) is 4.79 Å². The van der Waals surface area contributed by atoms with Gasteiger partial charge in [-0.3, -0.25) is 4.79 Å². The molecule has 0 aromatic heterocycles. The van der Waals surface area contributed by atoms with Crippen molar-refractivity contribution < 1.29 is 9.90 Å². The van der Waals surface area contributed by atoms with Crippen LogP contribution in [-0.2, 0) is 4.79 Å². The maximum Gasteiger partial charge on any atom is 0.230 e. The van der Waals surface area contributed by atoms with Gasteiger partial charge in [-0.25, -0.2) is 0 Å². The molecule has 0 saturated heterocycles. The highest BCUT2D eigenvalue weighted by atomic mass is 16.3. The summed E-state index contributed by atoms with van der Waals surface area (Å²) >= 11 is 0. The van der Waals surface area contributed by atoms with Crippen LogP contribution in [0.25, 0.3) is 0 Å². The Morgan fingerprint density at radius 2 is 1.67 bits per heavy atom. The first-order valence-corrected chi connectivity index (χ1v) is 6.84. The highest BCUT2D eigenvalue weighted by Gasteiger charge is 2.43. The van der Waals surface area contributed by atoms with Crippen molar-refractivity contribution in [3.63, 3.8) is 0 Å². The number of nitrogens with zero attached hydrogens (tertiary/aromatic N) is 1. The summed E-state index contributed by atoms with van der Waals surface area (Å²) in [5, 5.41) is 9.17. The summed E-state index contributed by atoms with van der Waals surface area (Å²) in [6.45, 7) is 12.0. The molecule has 108 valence electrons. The Hall–Kier alpha value is -0.610. The zero-order valence-corrected chi connectivity index (χ0v) is 12.8. The molecule has 0 aliphatic heterocycles. The molecule has 0 unspecified atom stereocenters. The van der Waals surface area contributed by atoms with E-state index >= 15 is 0 Å². The molecule has 3 N–H and O–H groups in total. The van der Waals surface area contributed by atoms with Gasteiger partial charge in [0.15, 0.2) is 0 Å². The number of hydrogen-bond donors (Lipinski definition) is 2. The van der Waals surface area contributed by atoms with E-state index in [0.717, 1.165) is 12.8 Å². The molecule has 4 nitrogen and oxygen atoms in total. The maximum atomic E-state index is 12.7. The summed E-state index contributed by atoms with van der Waals surface area (Å²) < 4.78 is 0. The Kier molecular flexibility index (Phi) is 6.30. The normalized spacial score (nSPS) is 12.9. The van der Waals surface area contributed by atoms with Crippen molar-refractivity contribution in [3.05, 3.63) is 0 Å². The third kappa shape index (κ3) is 3.69. The minimum Gasteiger partial charge on any atom is -0.395 e. The smallest absolute Gasteiger partial charge is 0.230 e. The highest BCUT2D eigenvalue weighted by molar-refractivity contribution is 5.83. The topological polar surface area (TPSA) is 66.6 Å². The van der Waals surface area contributed by atoms with E-state index in [-0.39, 0.29) is 18.6 Å². The van der Waals surface area contributed by atoms with Gasteiger partial charge in [0.05, 0.1) is 12.0 Å². The molecular formula is C14H30N2O2. The van der Waals surface area contributed by atoms with Gasteiger partial charge in [0.2, 0.25) is 5.91 Å². The van der Waals surface area contributed by atoms with Crippen molar-refractivity contribution in [2.75, 3.05) is 13.2 Å². The van der Waals surface area contributed by atoms with Gasteiger partial charge in [0.1, 0.15) is 0 Å². The quantitative estimate of drug-likeness (QED) is 0.731. The van der Waals surface area contributed by atoms with E-state index in [1.807, 2.05) is 27.7 Å². The summed E-state index contributed by atoms with van der Waals surface area (Å²) in [5.41, 5.74) is 4.88. The molecule has 0 saturated carbocycles. The Morgan fingerprint density at radius 3 is 1.94 bits per heavy atom. The van der Waals surface area contributed by atoms with Crippen LogP contribution in [0.3, 0.4) is 0 Å². The van der Waals surface area contributed by atoms with Crippen LogP contribution in [-0.4, -0.2) is 40.6 Å². The van der Waals surface area contributed by atoms with E-state index < -0.39 is 11.0 Å². The van der Waals surface area contributed by atoms with Crippen LogP contribution in [0.1, 0.15) is 54.4 Å². The molecule has 4 heteroatoms. The Bertz CT molecular complexity index is 265. The van der Waals surface area contributed by atoms with E-state index in [0.29, 0.717) is 6.54 Å². The summed E-state index contributed by atoms with van der Waals surface area (Å²) in [4.78, 5) is 14.5. The fourth-order valence-electron chi connectivity index (χ4n) is 1.92. The van der Waals surface area contributed by atoms with Crippen molar-refractivity contribution in [1.29, 1.82) is 0 Å². The van der Waals surface area contributed by atoms with Crippen LogP contribution >= 0.6 is 0 Å². The molecule has 0 aromatic carbocycles. The summed E-state index contributed by atoms with van der Waals surface area (Å²) in [5.74, 6) is 0.0257. The standard InChI is InChI=1S/C14H30N2O2/c1-7-11(8-2)16(9-10-17)12(18)13(3,4)14(5,6)15/h11,17H,7-10,15H2,1-6H3. The highest BCUT2D eigenvalue weighted by Crippen LogP contribution is 2.31. The first-order valence-electron chi connectivity index (χ1n) is 6.84. The average Bonchev–Trinajstić information content (AvgIpc) is 2.27. The second kappa shape index (κ2) is 6.53. The third-order valence-electron chi connectivity index (χ3n) is 4.13. The van der Waals surface area contributed by atoms with Crippen molar-refractivity contribution in [2.45, 2.75) is 66.0 Å². The number of aliphatic hydroxyl groups is 1. The number of aliphatic hydroxyl groups excluding tert-OH is 1. The van der Waals surface area contributed by atoms with Crippen molar-refractivity contribution >= 4 is 5.91 Å². The number of carbonyl (C=O) groups excluding carboxylic acids is 1. The molecule has 0 aromatic rings. The lowest BCUT2D eigenvalue weighted by molar-refractivity contribution is -0.146. The van der Waals surface area contributed by atoms with Gasteiger partial charge >= 0.3 is 0 Å². The predicted molar refractivity (Wildman–Crippen MR) is 75.2 cm³/mol. The van der Waals surface area contributed by atoms with Crippen LogP contribution in [0.4, 0.5) is 0 Å². The molecule has 0 spiro atoms. The molecule has 0 rings (SSSR count). The summed E-state index contributed by atoms with van der Waals surface area (Å²) in [7, 11) is 0.